The molecule has 6 nitrogen and oxygen atoms in total. The zero-order chi connectivity index (χ0) is 19.5. The van der Waals surface area contributed by atoms with Gasteiger partial charge in [-0.25, -0.2) is 9.37 Å². The first-order valence-corrected chi connectivity index (χ1v) is 10.00. The standard InChI is InChI=1S/C21H26FN5O/c1-15-4-6-16(7-5-15)20(28)27-12-8-17(9-13-27)24-21-23-14-18(22)19(25-21)26-10-2-3-11-26/h4-7,14,17H,2-3,8-13H2,1H3,(H,23,24,25). The SMILES string of the molecule is Cc1ccc(C(=O)N2CCC(Nc3ncc(F)c(N4CCCC4)n3)CC2)cc1. The molecule has 2 aliphatic rings. The average molecular weight is 383 g/mol. The summed E-state index contributed by atoms with van der Waals surface area (Å²) in [6.07, 6.45) is 5.02. The Labute approximate surface area is 164 Å². The topological polar surface area (TPSA) is 61.4 Å². The minimum Gasteiger partial charge on any atom is -0.354 e. The number of rotatable bonds is 4. The lowest BCUT2D eigenvalue weighted by atomic mass is 10.0. The van der Waals surface area contributed by atoms with E-state index in [1.165, 1.54) is 6.20 Å². The van der Waals surface area contributed by atoms with E-state index in [0.717, 1.165) is 49.9 Å². The molecule has 28 heavy (non-hydrogen) atoms. The van der Waals surface area contributed by atoms with E-state index in [2.05, 4.69) is 15.3 Å². The Morgan fingerprint density at radius 3 is 2.46 bits per heavy atom. The van der Waals surface area contributed by atoms with Gasteiger partial charge in [0, 0.05) is 37.8 Å². The van der Waals surface area contributed by atoms with Gasteiger partial charge in [-0.15, -0.1) is 0 Å². The molecule has 4 rings (SSSR count). The number of carbonyl (C=O) groups excluding carboxylic acids is 1. The zero-order valence-corrected chi connectivity index (χ0v) is 16.2. The van der Waals surface area contributed by atoms with Crippen molar-refractivity contribution in [2.45, 2.75) is 38.6 Å². The molecule has 1 N–H and O–H groups in total. The maximum absolute atomic E-state index is 14.1. The highest BCUT2D eigenvalue weighted by atomic mass is 19.1. The molecule has 0 unspecified atom stereocenters. The van der Waals surface area contributed by atoms with E-state index >= 15 is 0 Å². The highest BCUT2D eigenvalue weighted by Crippen LogP contribution is 2.23. The second kappa shape index (κ2) is 8.12. The van der Waals surface area contributed by atoms with Crippen LogP contribution in [0.4, 0.5) is 16.2 Å². The van der Waals surface area contributed by atoms with Crippen molar-refractivity contribution in [2.24, 2.45) is 0 Å². The summed E-state index contributed by atoms with van der Waals surface area (Å²) >= 11 is 0. The first kappa shape index (κ1) is 18.7. The summed E-state index contributed by atoms with van der Waals surface area (Å²) in [5.41, 5.74) is 1.88. The van der Waals surface area contributed by atoms with E-state index < -0.39 is 0 Å². The van der Waals surface area contributed by atoms with Gasteiger partial charge < -0.3 is 15.1 Å². The molecule has 1 aromatic heterocycles. The Morgan fingerprint density at radius 2 is 1.79 bits per heavy atom. The number of likely N-dealkylation sites (tertiary alicyclic amines) is 1. The molecule has 0 radical (unpaired) electrons. The molecular weight excluding hydrogens is 357 g/mol. The molecule has 148 valence electrons. The molecule has 0 saturated carbocycles. The van der Waals surface area contributed by atoms with Gasteiger partial charge in [0.15, 0.2) is 11.6 Å². The Morgan fingerprint density at radius 1 is 1.11 bits per heavy atom. The van der Waals surface area contributed by atoms with Crippen molar-refractivity contribution in [3.8, 4) is 0 Å². The number of anilines is 2. The van der Waals surface area contributed by atoms with Crippen LogP contribution in [0.15, 0.2) is 30.5 Å². The van der Waals surface area contributed by atoms with Gasteiger partial charge in [-0.05, 0) is 44.7 Å². The minimum atomic E-state index is -0.369. The molecule has 0 bridgehead atoms. The van der Waals surface area contributed by atoms with Gasteiger partial charge in [0.1, 0.15) is 0 Å². The van der Waals surface area contributed by atoms with Crippen LogP contribution in [0.5, 0.6) is 0 Å². The molecule has 0 atom stereocenters. The van der Waals surface area contributed by atoms with Crippen LogP contribution in [0.1, 0.15) is 41.6 Å². The summed E-state index contributed by atoms with van der Waals surface area (Å²) in [7, 11) is 0. The number of benzene rings is 1. The number of hydrogen-bond donors (Lipinski definition) is 1. The molecule has 2 aromatic rings. The zero-order valence-electron chi connectivity index (χ0n) is 16.2. The van der Waals surface area contributed by atoms with Crippen molar-refractivity contribution < 1.29 is 9.18 Å². The predicted molar refractivity (Wildman–Crippen MR) is 107 cm³/mol. The maximum Gasteiger partial charge on any atom is 0.253 e. The summed E-state index contributed by atoms with van der Waals surface area (Å²) in [5, 5.41) is 3.33. The largest absolute Gasteiger partial charge is 0.354 e. The van der Waals surface area contributed by atoms with Crippen LogP contribution in [-0.2, 0) is 0 Å². The van der Waals surface area contributed by atoms with E-state index in [9.17, 15) is 9.18 Å². The van der Waals surface area contributed by atoms with Crippen molar-refractivity contribution in [1.29, 1.82) is 0 Å². The van der Waals surface area contributed by atoms with Gasteiger partial charge in [-0.2, -0.15) is 4.98 Å². The summed E-state index contributed by atoms with van der Waals surface area (Å²) in [6, 6.07) is 7.87. The Balaban J connectivity index is 1.35. The smallest absolute Gasteiger partial charge is 0.253 e. The first-order chi connectivity index (χ1) is 13.6. The van der Waals surface area contributed by atoms with Gasteiger partial charge in [0.25, 0.3) is 5.91 Å². The van der Waals surface area contributed by atoms with Gasteiger partial charge in [-0.3, -0.25) is 4.79 Å². The van der Waals surface area contributed by atoms with Gasteiger partial charge in [-0.1, -0.05) is 17.7 Å². The molecule has 2 fully saturated rings. The van der Waals surface area contributed by atoms with Crippen LogP contribution >= 0.6 is 0 Å². The number of amides is 1. The molecule has 1 aromatic carbocycles. The highest BCUT2D eigenvalue weighted by Gasteiger charge is 2.25. The van der Waals surface area contributed by atoms with Crippen molar-refractivity contribution in [2.75, 3.05) is 36.4 Å². The lowest BCUT2D eigenvalue weighted by Crippen LogP contribution is -2.42. The highest BCUT2D eigenvalue weighted by molar-refractivity contribution is 5.94. The number of piperidine rings is 1. The van der Waals surface area contributed by atoms with E-state index in [1.807, 2.05) is 41.0 Å². The second-order valence-corrected chi connectivity index (χ2v) is 7.64. The van der Waals surface area contributed by atoms with Gasteiger partial charge in [0.2, 0.25) is 5.95 Å². The van der Waals surface area contributed by atoms with Crippen LogP contribution in [0.2, 0.25) is 0 Å². The first-order valence-electron chi connectivity index (χ1n) is 10.00. The van der Waals surface area contributed by atoms with Crippen molar-refractivity contribution in [1.82, 2.24) is 14.9 Å². The van der Waals surface area contributed by atoms with Crippen LogP contribution in [0, 0.1) is 12.7 Å². The third kappa shape index (κ3) is 4.08. The molecule has 0 aliphatic carbocycles. The Kier molecular flexibility index (Phi) is 5.41. The van der Waals surface area contributed by atoms with Crippen LogP contribution in [0.3, 0.4) is 0 Å². The number of aromatic nitrogens is 2. The van der Waals surface area contributed by atoms with Crippen molar-refractivity contribution in [3.05, 3.63) is 47.4 Å². The lowest BCUT2D eigenvalue weighted by molar-refractivity contribution is 0.0718. The number of nitrogens with zero attached hydrogens (tertiary/aromatic N) is 4. The van der Waals surface area contributed by atoms with Crippen LogP contribution in [-0.4, -0.2) is 53.0 Å². The number of carbonyl (C=O) groups is 1. The van der Waals surface area contributed by atoms with E-state index in [4.69, 9.17) is 0 Å². The molecule has 2 saturated heterocycles. The molecule has 2 aliphatic heterocycles. The van der Waals surface area contributed by atoms with Gasteiger partial charge >= 0.3 is 0 Å². The van der Waals surface area contributed by atoms with E-state index in [-0.39, 0.29) is 17.8 Å². The third-order valence-electron chi connectivity index (χ3n) is 5.55. The lowest BCUT2D eigenvalue weighted by Gasteiger charge is -2.32. The minimum absolute atomic E-state index is 0.0767. The van der Waals surface area contributed by atoms with Crippen molar-refractivity contribution in [3.63, 3.8) is 0 Å². The molecular formula is C21H26FN5O. The summed E-state index contributed by atoms with van der Waals surface area (Å²) in [6.45, 7) is 5.06. The van der Waals surface area contributed by atoms with E-state index in [1.54, 1.807) is 0 Å². The molecule has 3 heterocycles. The monoisotopic (exact) mass is 383 g/mol. The van der Waals surface area contributed by atoms with Crippen LogP contribution < -0.4 is 10.2 Å². The molecule has 0 spiro atoms. The summed E-state index contributed by atoms with van der Waals surface area (Å²) in [5.74, 6) is 0.562. The van der Waals surface area contributed by atoms with Crippen LogP contribution in [0.25, 0.3) is 0 Å². The molecule has 7 heteroatoms. The normalized spacial score (nSPS) is 17.8. The second-order valence-electron chi connectivity index (χ2n) is 7.64. The summed E-state index contributed by atoms with van der Waals surface area (Å²) < 4.78 is 14.1. The average Bonchev–Trinajstić information content (AvgIpc) is 3.25. The molecule has 1 amide bonds. The fraction of sp³-hybridized carbons (Fsp3) is 0.476. The summed E-state index contributed by atoms with van der Waals surface area (Å²) in [4.78, 5) is 25.0. The number of nitrogens with one attached hydrogen (secondary N) is 1. The maximum atomic E-state index is 14.1. The fourth-order valence-corrected chi connectivity index (χ4v) is 3.87. The third-order valence-corrected chi connectivity index (χ3v) is 5.55. The Bertz CT molecular complexity index is 827. The fourth-order valence-electron chi connectivity index (χ4n) is 3.87. The van der Waals surface area contributed by atoms with Gasteiger partial charge in [0.05, 0.1) is 6.20 Å². The number of halogens is 1. The quantitative estimate of drug-likeness (QED) is 0.878. The van der Waals surface area contributed by atoms with E-state index in [0.29, 0.717) is 24.9 Å². The number of hydrogen-bond acceptors (Lipinski definition) is 5. The Hall–Kier alpha value is -2.70. The van der Waals surface area contributed by atoms with Crippen molar-refractivity contribution >= 4 is 17.7 Å². The predicted octanol–water partition coefficient (Wildman–Crippen LogP) is 3.24. The number of aryl methyl sites for hydroxylation is 1.